The molecule has 0 aromatic heterocycles. The number of ether oxygens (including phenoxy) is 1. The van der Waals surface area contributed by atoms with Crippen LogP contribution in [0.1, 0.15) is 51.9 Å². The summed E-state index contributed by atoms with van der Waals surface area (Å²) in [5.41, 5.74) is -0.139. The Morgan fingerprint density at radius 3 is 2.33 bits per heavy atom. The van der Waals surface area contributed by atoms with Crippen molar-refractivity contribution in [2.45, 2.75) is 69.6 Å². The van der Waals surface area contributed by atoms with E-state index in [-0.39, 0.29) is 11.4 Å². The van der Waals surface area contributed by atoms with Crippen LogP contribution in [0, 0.1) is 0 Å². The minimum absolute atomic E-state index is 0.139. The second kappa shape index (κ2) is 5.26. The molecule has 5 nitrogen and oxygen atoms in total. The molecule has 2 rings (SSSR count). The van der Waals surface area contributed by atoms with Crippen molar-refractivity contribution < 1.29 is 19.4 Å². The molecule has 5 heteroatoms. The predicted molar refractivity (Wildman–Crippen MR) is 65.2 cm³/mol. The third-order valence-corrected chi connectivity index (χ3v) is 3.97. The van der Waals surface area contributed by atoms with Gasteiger partial charge in [0, 0.05) is 5.54 Å². The Kier molecular flexibility index (Phi) is 3.90. The molecule has 1 saturated carbocycles. The second-order valence-electron chi connectivity index (χ2n) is 5.64. The maximum atomic E-state index is 12.1. The number of hydrogen-bond donors (Lipinski definition) is 2. The van der Waals surface area contributed by atoms with Crippen LogP contribution >= 0.6 is 0 Å². The summed E-state index contributed by atoms with van der Waals surface area (Å²) in [6, 6.07) is 0. The molecule has 0 bridgehead atoms. The molecule has 102 valence electrons. The van der Waals surface area contributed by atoms with Crippen LogP contribution in [0.15, 0.2) is 0 Å². The molecule has 0 unspecified atom stereocenters. The monoisotopic (exact) mass is 255 g/mol. The molecule has 0 aromatic rings. The molecule has 2 N–H and O–H groups in total. The van der Waals surface area contributed by atoms with Crippen LogP contribution in [0.5, 0.6) is 0 Å². The van der Waals surface area contributed by atoms with Crippen molar-refractivity contribution >= 4 is 11.9 Å². The molecule has 1 aliphatic carbocycles. The van der Waals surface area contributed by atoms with Crippen molar-refractivity contribution in [3.63, 3.8) is 0 Å². The zero-order valence-corrected chi connectivity index (χ0v) is 10.8. The predicted octanol–water partition coefficient (Wildman–Crippen LogP) is 1.46. The minimum atomic E-state index is -0.978. The van der Waals surface area contributed by atoms with E-state index in [1.807, 2.05) is 0 Å². The van der Waals surface area contributed by atoms with Gasteiger partial charge in [-0.15, -0.1) is 0 Å². The highest BCUT2D eigenvalue weighted by Crippen LogP contribution is 2.28. The highest BCUT2D eigenvalue weighted by Gasteiger charge is 2.37. The van der Waals surface area contributed by atoms with Crippen molar-refractivity contribution in [2.24, 2.45) is 0 Å². The Hall–Kier alpha value is -1.10. The SMILES string of the molecule is CC1(NC(=O)[C@@H]2CC[C@H](C(=O)O)O2)CCCCC1. The maximum Gasteiger partial charge on any atom is 0.332 e. The fourth-order valence-electron chi connectivity index (χ4n) is 2.85. The first kappa shape index (κ1) is 13.3. The molecule has 2 atom stereocenters. The summed E-state index contributed by atoms with van der Waals surface area (Å²) < 4.78 is 5.26. The average molecular weight is 255 g/mol. The lowest BCUT2D eigenvalue weighted by Gasteiger charge is -2.35. The molecule has 0 aromatic carbocycles. The summed E-state index contributed by atoms with van der Waals surface area (Å²) in [6.45, 7) is 2.06. The van der Waals surface area contributed by atoms with Gasteiger partial charge in [-0.2, -0.15) is 0 Å². The van der Waals surface area contributed by atoms with Gasteiger partial charge in [0.1, 0.15) is 6.10 Å². The van der Waals surface area contributed by atoms with Gasteiger partial charge in [0.2, 0.25) is 5.91 Å². The average Bonchev–Trinajstić information content (AvgIpc) is 2.78. The summed E-state index contributed by atoms with van der Waals surface area (Å²) in [4.78, 5) is 22.8. The number of carbonyl (C=O) groups excluding carboxylic acids is 1. The number of carboxylic acid groups (broad SMARTS) is 1. The maximum absolute atomic E-state index is 12.1. The Labute approximate surface area is 107 Å². The van der Waals surface area contributed by atoms with Crippen LogP contribution in [0.3, 0.4) is 0 Å². The fourth-order valence-corrected chi connectivity index (χ4v) is 2.85. The first-order valence-electron chi connectivity index (χ1n) is 6.70. The van der Waals surface area contributed by atoms with Gasteiger partial charge in [0.25, 0.3) is 0 Å². The van der Waals surface area contributed by atoms with Gasteiger partial charge in [-0.25, -0.2) is 4.79 Å². The number of aliphatic carboxylic acids is 1. The Morgan fingerprint density at radius 1 is 1.17 bits per heavy atom. The highest BCUT2D eigenvalue weighted by molar-refractivity contribution is 5.83. The largest absolute Gasteiger partial charge is 0.479 e. The van der Waals surface area contributed by atoms with Crippen LogP contribution in [0.4, 0.5) is 0 Å². The molecule has 0 spiro atoms. The molecule has 2 fully saturated rings. The number of hydrogen-bond acceptors (Lipinski definition) is 3. The first-order chi connectivity index (χ1) is 8.50. The Balaban J connectivity index is 1.87. The number of rotatable bonds is 3. The van der Waals surface area contributed by atoms with Gasteiger partial charge < -0.3 is 15.2 Å². The molecule has 18 heavy (non-hydrogen) atoms. The molecule has 1 saturated heterocycles. The van der Waals surface area contributed by atoms with Gasteiger partial charge in [0.05, 0.1) is 0 Å². The van der Waals surface area contributed by atoms with E-state index in [4.69, 9.17) is 9.84 Å². The lowest BCUT2D eigenvalue weighted by molar-refractivity contribution is -0.152. The third-order valence-electron chi connectivity index (χ3n) is 3.97. The van der Waals surface area contributed by atoms with Gasteiger partial charge in [-0.05, 0) is 32.6 Å². The standard InChI is InChI=1S/C13H21NO4/c1-13(7-3-2-4-8-13)14-11(15)9-5-6-10(18-9)12(16)17/h9-10H,2-8H2,1H3,(H,14,15)(H,16,17)/t9-,10+/m0/s1. The van der Waals surface area contributed by atoms with E-state index in [1.54, 1.807) is 0 Å². The second-order valence-corrected chi connectivity index (χ2v) is 5.64. The summed E-state index contributed by atoms with van der Waals surface area (Å²) in [7, 11) is 0. The first-order valence-corrected chi connectivity index (χ1v) is 6.70. The summed E-state index contributed by atoms with van der Waals surface area (Å²) >= 11 is 0. The fraction of sp³-hybridized carbons (Fsp3) is 0.846. The topological polar surface area (TPSA) is 75.6 Å². The zero-order chi connectivity index (χ0) is 13.2. The van der Waals surface area contributed by atoms with E-state index in [9.17, 15) is 9.59 Å². The molecule has 1 aliphatic heterocycles. The van der Waals surface area contributed by atoms with Crippen molar-refractivity contribution in [3.05, 3.63) is 0 Å². The summed E-state index contributed by atoms with van der Waals surface area (Å²) in [5.74, 6) is -1.13. The lowest BCUT2D eigenvalue weighted by atomic mass is 9.83. The summed E-state index contributed by atoms with van der Waals surface area (Å²) in [5, 5.41) is 11.9. The van der Waals surface area contributed by atoms with Crippen molar-refractivity contribution in [1.29, 1.82) is 0 Å². The minimum Gasteiger partial charge on any atom is -0.479 e. The van der Waals surface area contributed by atoms with Gasteiger partial charge in [-0.3, -0.25) is 4.79 Å². The number of amides is 1. The van der Waals surface area contributed by atoms with Gasteiger partial charge >= 0.3 is 5.97 Å². The molecular weight excluding hydrogens is 234 g/mol. The van der Waals surface area contributed by atoms with E-state index in [0.29, 0.717) is 12.8 Å². The van der Waals surface area contributed by atoms with E-state index in [0.717, 1.165) is 25.7 Å². The normalized spacial score (nSPS) is 30.9. The highest BCUT2D eigenvalue weighted by atomic mass is 16.5. The van der Waals surface area contributed by atoms with Crippen LogP contribution in [0.2, 0.25) is 0 Å². The van der Waals surface area contributed by atoms with Gasteiger partial charge in [0.15, 0.2) is 6.10 Å². The summed E-state index contributed by atoms with van der Waals surface area (Å²) in [6.07, 6.45) is 5.00. The smallest absolute Gasteiger partial charge is 0.332 e. The molecule has 1 heterocycles. The van der Waals surface area contributed by atoms with Crippen LogP contribution < -0.4 is 5.32 Å². The lowest BCUT2D eigenvalue weighted by Crippen LogP contribution is -2.50. The third kappa shape index (κ3) is 3.02. The van der Waals surface area contributed by atoms with E-state index in [2.05, 4.69) is 12.2 Å². The molecular formula is C13H21NO4. The van der Waals surface area contributed by atoms with E-state index < -0.39 is 18.2 Å². The number of carboxylic acids is 1. The van der Waals surface area contributed by atoms with Crippen LogP contribution in [-0.4, -0.2) is 34.7 Å². The number of nitrogens with one attached hydrogen (secondary N) is 1. The van der Waals surface area contributed by atoms with Crippen LogP contribution in [-0.2, 0) is 14.3 Å². The van der Waals surface area contributed by atoms with E-state index >= 15 is 0 Å². The molecule has 0 radical (unpaired) electrons. The Bertz CT molecular complexity index is 336. The van der Waals surface area contributed by atoms with Crippen molar-refractivity contribution in [2.75, 3.05) is 0 Å². The Morgan fingerprint density at radius 2 is 1.78 bits per heavy atom. The van der Waals surface area contributed by atoms with Crippen molar-refractivity contribution in [1.82, 2.24) is 5.32 Å². The van der Waals surface area contributed by atoms with E-state index in [1.165, 1.54) is 6.42 Å². The van der Waals surface area contributed by atoms with Gasteiger partial charge in [-0.1, -0.05) is 19.3 Å². The zero-order valence-electron chi connectivity index (χ0n) is 10.8. The van der Waals surface area contributed by atoms with Crippen LogP contribution in [0.25, 0.3) is 0 Å². The quantitative estimate of drug-likeness (QED) is 0.800. The number of carbonyl (C=O) groups is 2. The molecule has 1 amide bonds. The molecule has 2 aliphatic rings. The van der Waals surface area contributed by atoms with Crippen molar-refractivity contribution in [3.8, 4) is 0 Å².